The third-order valence-corrected chi connectivity index (χ3v) is 4.08. The zero-order chi connectivity index (χ0) is 12.7. The molecule has 2 rings (SSSR count). The van der Waals surface area contributed by atoms with Crippen molar-refractivity contribution in [1.82, 2.24) is 0 Å². The lowest BCUT2D eigenvalue weighted by Crippen LogP contribution is -2.53. The van der Waals surface area contributed by atoms with Crippen LogP contribution in [0.2, 0.25) is 10.2 Å². The predicted molar refractivity (Wildman–Crippen MR) is 76.0 cm³/mol. The number of nitrogens with two attached hydrogens (primary N) is 1. The molecule has 1 aromatic carbocycles. The van der Waals surface area contributed by atoms with Crippen LogP contribution >= 0.6 is 11.6 Å². The highest BCUT2D eigenvalue weighted by Gasteiger charge is 2.47. The molecule has 88 valence electrons. The standard InChI is InChI=1S/C12H16B2ClNO/c13-12(14)7-3-6-11(16,10(12)17)8-4-1-2-5-9(8)15/h1-2,4-5H,3,6-7,13-14,16H2. The lowest BCUT2D eigenvalue weighted by Gasteiger charge is -2.41. The van der Waals surface area contributed by atoms with Crippen LogP contribution in [-0.4, -0.2) is 21.5 Å². The van der Waals surface area contributed by atoms with Gasteiger partial charge in [-0.15, -0.1) is 0 Å². The predicted octanol–water partition coefficient (Wildman–Crippen LogP) is 0.629. The highest BCUT2D eigenvalue weighted by Crippen LogP contribution is 2.44. The topological polar surface area (TPSA) is 43.1 Å². The van der Waals surface area contributed by atoms with Gasteiger partial charge in [-0.3, -0.25) is 4.79 Å². The highest BCUT2D eigenvalue weighted by atomic mass is 35.5. The molecule has 0 spiro atoms. The first-order valence-corrected chi connectivity index (χ1v) is 6.34. The normalized spacial score (nSPS) is 28.0. The van der Waals surface area contributed by atoms with Gasteiger partial charge in [-0.25, -0.2) is 0 Å². The van der Waals surface area contributed by atoms with E-state index in [1.54, 1.807) is 6.07 Å². The van der Waals surface area contributed by atoms with E-state index in [0.29, 0.717) is 11.4 Å². The molecule has 2 nitrogen and oxygen atoms in total. The largest absolute Gasteiger partial charge is 0.315 e. The van der Waals surface area contributed by atoms with Gasteiger partial charge in [-0.05, 0) is 23.3 Å². The van der Waals surface area contributed by atoms with Gasteiger partial charge in [0, 0.05) is 5.02 Å². The van der Waals surface area contributed by atoms with Crippen molar-refractivity contribution in [2.45, 2.75) is 30.0 Å². The first-order chi connectivity index (χ1) is 7.88. The summed E-state index contributed by atoms with van der Waals surface area (Å²) in [6.07, 6.45) is 2.54. The first-order valence-electron chi connectivity index (χ1n) is 5.97. The van der Waals surface area contributed by atoms with Gasteiger partial charge in [0.2, 0.25) is 0 Å². The van der Waals surface area contributed by atoms with Crippen molar-refractivity contribution in [2.75, 3.05) is 0 Å². The summed E-state index contributed by atoms with van der Waals surface area (Å²) in [6, 6.07) is 7.39. The van der Waals surface area contributed by atoms with Crippen molar-refractivity contribution >= 4 is 33.1 Å². The lowest BCUT2D eigenvalue weighted by molar-refractivity contribution is -0.127. The number of benzene rings is 1. The van der Waals surface area contributed by atoms with E-state index >= 15 is 0 Å². The van der Waals surface area contributed by atoms with Gasteiger partial charge >= 0.3 is 0 Å². The quantitative estimate of drug-likeness (QED) is 0.740. The maximum atomic E-state index is 12.5. The monoisotopic (exact) mass is 247 g/mol. The summed E-state index contributed by atoms with van der Waals surface area (Å²) in [4.78, 5) is 12.5. The molecule has 1 fully saturated rings. The Morgan fingerprint density at radius 1 is 1.24 bits per heavy atom. The number of ketones is 1. The molecule has 0 saturated heterocycles. The van der Waals surface area contributed by atoms with E-state index in [4.69, 9.17) is 17.3 Å². The van der Waals surface area contributed by atoms with Crippen molar-refractivity contribution in [1.29, 1.82) is 0 Å². The number of carbonyl (C=O) groups is 1. The van der Waals surface area contributed by atoms with Crippen LogP contribution in [0.1, 0.15) is 24.8 Å². The van der Waals surface area contributed by atoms with Gasteiger partial charge in [-0.2, -0.15) is 0 Å². The summed E-state index contributed by atoms with van der Waals surface area (Å²) < 4.78 is 0. The summed E-state index contributed by atoms with van der Waals surface area (Å²) in [5.74, 6) is 0.101. The minimum absolute atomic E-state index is 0.101. The minimum Gasteiger partial charge on any atom is -0.315 e. The zero-order valence-electron chi connectivity index (χ0n) is 10.3. The molecule has 0 aliphatic heterocycles. The second kappa shape index (κ2) is 4.18. The molecular formula is C12H16B2ClNO. The van der Waals surface area contributed by atoms with E-state index in [-0.39, 0.29) is 11.0 Å². The van der Waals surface area contributed by atoms with Crippen LogP contribution in [0.15, 0.2) is 24.3 Å². The summed E-state index contributed by atoms with van der Waals surface area (Å²) in [6.45, 7) is 0. The Hall–Kier alpha value is -0.730. The molecule has 17 heavy (non-hydrogen) atoms. The number of halogens is 1. The molecule has 0 heterocycles. The van der Waals surface area contributed by atoms with Crippen molar-refractivity contribution in [3.63, 3.8) is 0 Å². The van der Waals surface area contributed by atoms with Crippen LogP contribution in [-0.2, 0) is 10.3 Å². The lowest BCUT2D eigenvalue weighted by atomic mass is 9.44. The van der Waals surface area contributed by atoms with Crippen LogP contribution in [0.5, 0.6) is 0 Å². The van der Waals surface area contributed by atoms with Gasteiger partial charge in [0.05, 0.1) is 0 Å². The summed E-state index contributed by atoms with van der Waals surface area (Å²) in [5.41, 5.74) is 6.21. The molecular weight excluding hydrogens is 231 g/mol. The Balaban J connectivity index is 2.49. The Bertz CT molecular complexity index is 464. The number of hydrogen-bond acceptors (Lipinski definition) is 2. The van der Waals surface area contributed by atoms with Crippen LogP contribution in [0.3, 0.4) is 0 Å². The van der Waals surface area contributed by atoms with E-state index in [0.717, 1.165) is 18.4 Å². The van der Waals surface area contributed by atoms with Crippen LogP contribution in [0.4, 0.5) is 0 Å². The third-order valence-electron chi connectivity index (χ3n) is 3.75. The van der Waals surface area contributed by atoms with Crippen LogP contribution in [0.25, 0.3) is 0 Å². The number of rotatable bonds is 1. The molecule has 0 bridgehead atoms. The summed E-state index contributed by atoms with van der Waals surface area (Å²) >= 11 is 6.17. The molecule has 1 unspecified atom stereocenters. The van der Waals surface area contributed by atoms with E-state index < -0.39 is 5.54 Å². The van der Waals surface area contributed by atoms with Crippen molar-refractivity contribution < 1.29 is 4.79 Å². The summed E-state index contributed by atoms with van der Waals surface area (Å²) in [7, 11) is 3.93. The van der Waals surface area contributed by atoms with Crippen molar-refractivity contribution in [3.05, 3.63) is 34.9 Å². The van der Waals surface area contributed by atoms with E-state index in [1.165, 1.54) is 0 Å². The molecule has 0 aromatic heterocycles. The van der Waals surface area contributed by atoms with Crippen LogP contribution in [0, 0.1) is 0 Å². The van der Waals surface area contributed by atoms with E-state index in [9.17, 15) is 4.79 Å². The molecule has 1 aliphatic carbocycles. The maximum absolute atomic E-state index is 12.5. The molecule has 0 amide bonds. The average Bonchev–Trinajstić information content (AvgIpc) is 2.26. The zero-order valence-corrected chi connectivity index (χ0v) is 11.1. The first kappa shape index (κ1) is 12.7. The Kier molecular flexibility index (Phi) is 3.13. The van der Waals surface area contributed by atoms with Crippen molar-refractivity contribution in [2.24, 2.45) is 5.73 Å². The van der Waals surface area contributed by atoms with E-state index in [2.05, 4.69) is 0 Å². The van der Waals surface area contributed by atoms with E-state index in [1.807, 2.05) is 33.9 Å². The Labute approximate surface area is 109 Å². The van der Waals surface area contributed by atoms with Crippen LogP contribution < -0.4 is 5.73 Å². The molecule has 5 heteroatoms. The molecule has 2 N–H and O–H groups in total. The SMILES string of the molecule is BC1(B)CCCC(N)(c2ccccc2Cl)C1=O. The molecule has 1 saturated carbocycles. The molecule has 0 radical (unpaired) electrons. The van der Waals surface area contributed by atoms with Gasteiger partial charge in [0.15, 0.2) is 0 Å². The third kappa shape index (κ3) is 2.04. The fourth-order valence-electron chi connectivity index (χ4n) is 2.72. The Morgan fingerprint density at radius 2 is 1.88 bits per heavy atom. The fraction of sp³-hybridized carbons (Fsp3) is 0.417. The van der Waals surface area contributed by atoms with Crippen molar-refractivity contribution in [3.8, 4) is 0 Å². The molecule has 1 atom stereocenters. The fourth-order valence-corrected chi connectivity index (χ4v) is 3.02. The molecule has 1 aliphatic rings. The van der Waals surface area contributed by atoms with Gasteiger partial charge in [0.1, 0.15) is 27.0 Å². The van der Waals surface area contributed by atoms with Gasteiger partial charge in [-0.1, -0.05) is 42.6 Å². The average molecular weight is 247 g/mol. The summed E-state index contributed by atoms with van der Waals surface area (Å²) in [5, 5.41) is 0.229. The number of hydrogen-bond donors (Lipinski definition) is 1. The Morgan fingerprint density at radius 3 is 2.53 bits per heavy atom. The second-order valence-corrected chi connectivity index (χ2v) is 5.92. The smallest absolute Gasteiger partial charge is 0.147 e. The van der Waals surface area contributed by atoms with Gasteiger partial charge < -0.3 is 5.73 Å². The second-order valence-electron chi connectivity index (χ2n) is 5.52. The van der Waals surface area contributed by atoms with Gasteiger partial charge in [0.25, 0.3) is 0 Å². The highest BCUT2D eigenvalue weighted by molar-refractivity contribution is 6.52. The number of carbonyl (C=O) groups excluding carboxylic acids is 1. The minimum atomic E-state index is -0.917. The number of Topliss-reactive ketones (excluding diaryl/α,β-unsaturated/α-hetero) is 1. The maximum Gasteiger partial charge on any atom is 0.147 e. The molecule has 1 aromatic rings.